The molecule has 0 radical (unpaired) electrons. The van der Waals surface area contributed by atoms with Crippen molar-refractivity contribution in [1.29, 1.82) is 0 Å². The van der Waals surface area contributed by atoms with E-state index in [1.165, 1.54) is 16.3 Å². The summed E-state index contributed by atoms with van der Waals surface area (Å²) in [7, 11) is 0. The molecule has 0 atom stereocenters. The molecule has 0 aliphatic rings. The van der Waals surface area contributed by atoms with Gasteiger partial charge in [0.05, 0.1) is 0 Å². The second-order valence-corrected chi connectivity index (χ2v) is 1.84. The summed E-state index contributed by atoms with van der Waals surface area (Å²) < 4.78 is 0. The Morgan fingerprint density at radius 2 is 1.91 bits per heavy atom. The van der Waals surface area contributed by atoms with E-state index >= 15 is 0 Å². The van der Waals surface area contributed by atoms with Gasteiger partial charge in [-0.1, -0.05) is 5.56 Å². The van der Waals surface area contributed by atoms with Gasteiger partial charge < -0.3 is 0 Å². The molecular weight excluding hydrogens is 257 g/mol. The first-order valence-corrected chi connectivity index (χ1v) is 9.99. The van der Waals surface area contributed by atoms with E-state index in [4.69, 9.17) is 0 Å². The maximum absolute atomic E-state index is 10.6. The first-order chi connectivity index (χ1) is 5.30. The van der Waals surface area contributed by atoms with Gasteiger partial charge in [0.2, 0.25) is 0 Å². The van der Waals surface area contributed by atoms with E-state index in [0.29, 0.717) is 0 Å². The van der Waals surface area contributed by atoms with Crippen LogP contribution >= 0.6 is 13.6 Å². The molecule has 11 heavy (non-hydrogen) atoms. The predicted molar refractivity (Wildman–Crippen MR) is 44.2 cm³/mol. The molecule has 0 saturated heterocycles. The summed E-state index contributed by atoms with van der Waals surface area (Å²) in [4.78, 5) is 10.6. The van der Waals surface area contributed by atoms with Gasteiger partial charge in [-0.15, -0.1) is 0 Å². The minimum absolute atomic E-state index is 0.101. The van der Waals surface area contributed by atoms with Crippen LogP contribution in [0.2, 0.25) is 0 Å². The first kappa shape index (κ1) is 11.0. The van der Waals surface area contributed by atoms with Gasteiger partial charge in [-0.2, -0.15) is 30.3 Å². The van der Waals surface area contributed by atoms with Crippen molar-refractivity contribution in [2.75, 3.05) is 0 Å². The van der Waals surface area contributed by atoms with Gasteiger partial charge in [-0.05, 0) is 6.92 Å². The first-order valence-electron chi connectivity index (χ1n) is 3.04. The molecule has 0 aromatic heterocycles. The quantitative estimate of drug-likeness (QED) is 0.433. The molecule has 1 rings (SSSR count). The van der Waals surface area contributed by atoms with Gasteiger partial charge >= 0.3 is 30.0 Å². The predicted octanol–water partition coefficient (Wildman–Crippen LogP) is 2.53. The van der Waals surface area contributed by atoms with Crippen LogP contribution in [0.25, 0.3) is 0 Å². The molecule has 1 nitrogen and oxygen atoms in total. The molecule has 54 valence electrons. The van der Waals surface area contributed by atoms with E-state index in [1.807, 2.05) is 0 Å². The maximum atomic E-state index is 10.6. The number of ketones is 1. The van der Waals surface area contributed by atoms with Crippen molar-refractivity contribution in [2.45, 2.75) is 6.92 Å². The van der Waals surface area contributed by atoms with Crippen molar-refractivity contribution in [3.05, 3.63) is 35.9 Å². The molecule has 1 aromatic rings. The fourth-order valence-corrected chi connectivity index (χ4v) is 0.622. The summed E-state index contributed by atoms with van der Waals surface area (Å²) in [5.41, 5.74) is 0.744. The van der Waals surface area contributed by atoms with Crippen LogP contribution in [0.15, 0.2) is 24.3 Å². The second kappa shape index (κ2) is 6.69. The topological polar surface area (TPSA) is 17.1 Å². The monoisotopic (exact) mass is 262 g/mol. The molecule has 3 heteroatoms. The number of benzene rings is 1. The molecular formula is C8H7BrOZn. The normalized spacial score (nSPS) is 8.00. The van der Waals surface area contributed by atoms with Crippen LogP contribution in [0.5, 0.6) is 0 Å². The minimum atomic E-state index is 0.101. The van der Waals surface area contributed by atoms with Crippen molar-refractivity contribution >= 4 is 19.4 Å². The van der Waals surface area contributed by atoms with E-state index in [0.717, 1.165) is 5.56 Å². The third-order valence-electron chi connectivity index (χ3n) is 1.12. The number of rotatable bonds is 1. The fraction of sp³-hybridized carbons (Fsp3) is 0.125. The van der Waals surface area contributed by atoms with E-state index < -0.39 is 0 Å². The molecule has 0 bridgehead atoms. The van der Waals surface area contributed by atoms with E-state index in [9.17, 15) is 4.79 Å². The molecule has 0 aliphatic heterocycles. The Labute approximate surface area is 83.2 Å². The summed E-state index contributed by atoms with van der Waals surface area (Å²) >= 11 is 4.25. The Balaban J connectivity index is 0.000000461. The summed E-state index contributed by atoms with van der Waals surface area (Å²) in [6.07, 6.45) is 0. The third kappa shape index (κ3) is 4.44. The zero-order valence-corrected chi connectivity index (χ0v) is 10.9. The zero-order chi connectivity index (χ0) is 8.69. The van der Waals surface area contributed by atoms with E-state index in [-0.39, 0.29) is 5.78 Å². The van der Waals surface area contributed by atoms with Gasteiger partial charge in [-0.3, -0.25) is 4.79 Å². The van der Waals surface area contributed by atoms with Crippen molar-refractivity contribution < 1.29 is 21.1 Å². The van der Waals surface area contributed by atoms with Crippen LogP contribution in [0.4, 0.5) is 0 Å². The Morgan fingerprint density at radius 1 is 1.45 bits per heavy atom. The Bertz CT molecular complexity index is 211. The summed E-state index contributed by atoms with van der Waals surface area (Å²) in [6, 6.07) is 9.81. The average Bonchev–Trinajstić information content (AvgIpc) is 2.10. The number of Topliss-reactive ketones (excluding diaryl/α,β-unsaturated/α-hetero) is 1. The van der Waals surface area contributed by atoms with E-state index in [1.54, 1.807) is 31.2 Å². The zero-order valence-electron chi connectivity index (χ0n) is 6.30. The summed E-state index contributed by atoms with van der Waals surface area (Å²) in [6.45, 7) is 1.55. The Morgan fingerprint density at radius 3 is 2.18 bits per heavy atom. The number of carbonyl (C=O) groups is 1. The summed E-state index contributed by atoms with van der Waals surface area (Å²) in [5.74, 6) is 0.101. The van der Waals surface area contributed by atoms with Crippen LogP contribution in [-0.4, -0.2) is 5.78 Å². The number of carbonyl (C=O) groups excluding carboxylic acids is 1. The van der Waals surface area contributed by atoms with Crippen LogP contribution in [0, 0.1) is 6.07 Å². The SMILES string of the molecule is CC(=O)c1cc[c-]cc1.[Zn+][Br]. The third-order valence-corrected chi connectivity index (χ3v) is 1.12. The molecule has 0 aliphatic carbocycles. The molecule has 1 aromatic carbocycles. The standard InChI is InChI=1S/C8H7O.BrH.Zn/c1-7(9)8-5-3-2-4-6-8;;/h3-6H,1H3;1H;/q-1;;+2/p-1. The molecule has 0 amide bonds. The van der Waals surface area contributed by atoms with Gasteiger partial charge in [0.15, 0.2) is 0 Å². The molecule has 0 N–H and O–H groups in total. The van der Waals surface area contributed by atoms with Crippen LogP contribution in [0.1, 0.15) is 17.3 Å². The van der Waals surface area contributed by atoms with Crippen molar-refractivity contribution in [1.82, 2.24) is 0 Å². The molecule has 0 fully saturated rings. The van der Waals surface area contributed by atoms with Gasteiger partial charge in [0.1, 0.15) is 5.78 Å². The Kier molecular flexibility index (Phi) is 6.68. The fourth-order valence-electron chi connectivity index (χ4n) is 0.622. The van der Waals surface area contributed by atoms with Crippen LogP contribution < -0.4 is 0 Å². The molecule has 0 heterocycles. The van der Waals surface area contributed by atoms with E-state index in [2.05, 4.69) is 19.7 Å². The van der Waals surface area contributed by atoms with Crippen molar-refractivity contribution in [3.8, 4) is 0 Å². The van der Waals surface area contributed by atoms with Gasteiger partial charge in [0, 0.05) is 0 Å². The van der Waals surface area contributed by atoms with Crippen molar-refractivity contribution in [2.24, 2.45) is 0 Å². The Hall–Kier alpha value is -0.00662. The molecule has 0 saturated carbocycles. The van der Waals surface area contributed by atoms with Gasteiger partial charge in [0.25, 0.3) is 0 Å². The second-order valence-electron chi connectivity index (χ2n) is 1.84. The average molecular weight is 264 g/mol. The number of hydrogen-bond acceptors (Lipinski definition) is 1. The number of halogens is 1. The summed E-state index contributed by atoms with van der Waals surface area (Å²) in [5, 5.41) is 0. The molecule has 0 spiro atoms. The van der Waals surface area contributed by atoms with Crippen LogP contribution in [0.3, 0.4) is 0 Å². The van der Waals surface area contributed by atoms with Crippen LogP contribution in [-0.2, 0) is 16.3 Å². The number of hydrogen-bond donors (Lipinski definition) is 0. The molecule has 0 unspecified atom stereocenters. The van der Waals surface area contributed by atoms with Gasteiger partial charge in [-0.25, -0.2) is 0 Å². The van der Waals surface area contributed by atoms with Crippen molar-refractivity contribution in [3.63, 3.8) is 0 Å².